The number of azo groups is 2. The molecular weight excluding hydrogens is 1090 g/mol. The molecule has 0 saturated heterocycles. The first-order valence-corrected chi connectivity index (χ1v) is 20.0. The number of carboxylic acid groups (broad SMARTS) is 4. The van der Waals surface area contributed by atoms with E-state index in [4.69, 9.17) is 11.5 Å². The summed E-state index contributed by atoms with van der Waals surface area (Å²) in [5.41, 5.74) is 10.4. The Morgan fingerprint density at radius 2 is 0.871 bits per heavy atom. The largest absolute Gasteiger partial charge is 1.00 e. The topological polar surface area (TPSA) is 411 Å². The number of aromatic nitrogens is 11. The molecule has 5 aromatic heterocycles. The molecule has 26 nitrogen and oxygen atoms in total. The summed E-state index contributed by atoms with van der Waals surface area (Å²) >= 11 is 1.79. The van der Waals surface area contributed by atoms with Crippen molar-refractivity contribution in [2.45, 2.75) is 52.4 Å². The van der Waals surface area contributed by atoms with Crippen LogP contribution in [-0.2, 0) is 10.8 Å². The minimum atomic E-state index is -1.73. The molecular formula is C37H28K5N17O9S2. The molecule has 0 aliphatic rings. The maximum Gasteiger partial charge on any atom is 1.00 e. The smallest absolute Gasteiger partial charge is 0.844 e. The van der Waals surface area contributed by atoms with Crippen LogP contribution in [0.1, 0.15) is 94.4 Å². The molecule has 0 atom stereocenters. The van der Waals surface area contributed by atoms with E-state index in [1.807, 2.05) is 41.5 Å². The Kier molecular flexibility index (Phi) is 25.5. The van der Waals surface area contributed by atoms with Crippen LogP contribution in [0.5, 0.6) is 6.01 Å². The number of nitrogens with two attached hydrogens (primary N) is 2. The van der Waals surface area contributed by atoms with Crippen LogP contribution >= 0.6 is 22.7 Å². The van der Waals surface area contributed by atoms with Crippen molar-refractivity contribution in [1.82, 2.24) is 54.9 Å². The van der Waals surface area contributed by atoms with Crippen molar-refractivity contribution in [2.24, 2.45) is 20.5 Å². The molecule has 5 heterocycles. The second-order valence-corrected chi connectivity index (χ2v) is 17.5. The molecule has 0 aliphatic heterocycles. The zero-order chi connectivity index (χ0) is 47.3. The fraction of sp³-hybridized carbons (Fsp3) is 0.216. The third-order valence-corrected chi connectivity index (χ3v) is 10.6. The first-order valence-electron chi connectivity index (χ1n) is 18.4. The second kappa shape index (κ2) is 27.1. The van der Waals surface area contributed by atoms with Crippen LogP contribution in [0.4, 0.5) is 33.3 Å². The van der Waals surface area contributed by atoms with E-state index >= 15 is 0 Å². The fourth-order valence-corrected chi connectivity index (χ4v) is 7.19. The van der Waals surface area contributed by atoms with Gasteiger partial charge in [0.25, 0.3) is 22.2 Å². The molecule has 33 heteroatoms. The summed E-state index contributed by atoms with van der Waals surface area (Å²) in [6.07, 6.45) is 0. The van der Waals surface area contributed by atoms with Gasteiger partial charge in [-0.25, -0.2) is 9.97 Å². The zero-order valence-electron chi connectivity index (χ0n) is 39.3. The zero-order valence-corrected chi connectivity index (χ0v) is 56.6. The van der Waals surface area contributed by atoms with Crippen LogP contribution in [0.3, 0.4) is 0 Å². The minimum absolute atomic E-state index is 0. The predicted octanol–water partition coefficient (Wildman–Crippen LogP) is -14.6. The first-order chi connectivity index (χ1) is 30.5. The molecule has 0 aliphatic carbocycles. The van der Waals surface area contributed by atoms with E-state index in [9.17, 15) is 44.7 Å². The third kappa shape index (κ3) is 15.0. The molecule has 0 bridgehead atoms. The normalized spacial score (nSPS) is 11.2. The van der Waals surface area contributed by atoms with E-state index in [1.165, 1.54) is 12.1 Å². The third-order valence-electron chi connectivity index (χ3n) is 8.89. The van der Waals surface area contributed by atoms with Crippen molar-refractivity contribution in [3.8, 4) is 39.0 Å². The number of nitrogens with zero attached hydrogens (tertiary/aromatic N) is 15. The van der Waals surface area contributed by atoms with Crippen molar-refractivity contribution in [3.63, 3.8) is 0 Å². The number of hydrogen-bond donors (Lipinski definition) is 2. The molecule has 0 spiro atoms. The molecule has 7 rings (SSSR count). The molecule has 0 unspecified atom stereocenters. The Labute approximate surface area is 616 Å². The number of hydrogen-bond acceptors (Lipinski definition) is 26. The van der Waals surface area contributed by atoms with E-state index < -0.39 is 63.0 Å². The van der Waals surface area contributed by atoms with Gasteiger partial charge in [-0.05, 0) is 12.1 Å². The van der Waals surface area contributed by atoms with Crippen molar-refractivity contribution < 1.29 is 302 Å². The molecule has 0 saturated carbocycles. The van der Waals surface area contributed by atoms with Crippen LogP contribution in [0.15, 0.2) is 56.9 Å². The Hall–Kier alpha value is -0.348. The van der Waals surface area contributed by atoms with Crippen molar-refractivity contribution in [2.75, 3.05) is 11.5 Å². The summed E-state index contributed by atoms with van der Waals surface area (Å²) in [7, 11) is 0. The van der Waals surface area contributed by atoms with Gasteiger partial charge in [0.1, 0.15) is 10.0 Å². The van der Waals surface area contributed by atoms with E-state index in [-0.39, 0.29) is 323 Å². The van der Waals surface area contributed by atoms with Crippen molar-refractivity contribution in [1.29, 1.82) is 0 Å². The minimum Gasteiger partial charge on any atom is -0.844 e. The Balaban J connectivity index is 0.00000336. The molecule has 70 heavy (non-hydrogen) atoms. The van der Waals surface area contributed by atoms with Gasteiger partial charge in [-0.15, -0.1) is 40.9 Å². The van der Waals surface area contributed by atoms with Crippen LogP contribution in [0, 0.1) is 0 Å². The number of carbonyl (C=O) groups is 4. The van der Waals surface area contributed by atoms with Crippen molar-refractivity contribution >= 4 is 79.8 Å². The Morgan fingerprint density at radius 1 is 0.529 bits per heavy atom. The number of rotatable bonds is 12. The van der Waals surface area contributed by atoms with E-state index in [2.05, 4.69) is 66.0 Å². The summed E-state index contributed by atoms with van der Waals surface area (Å²) in [5.74, 6) is -7.87. The molecule has 332 valence electrons. The van der Waals surface area contributed by atoms with Crippen LogP contribution in [0.2, 0.25) is 0 Å². The van der Waals surface area contributed by atoms with Gasteiger partial charge in [0.05, 0.1) is 41.3 Å². The number of benzene rings is 2. The SMILES string of the molecule is CC(C)(C)c1nn(-c2nc([O-])nc(-n3nc(C(C)(C)C)c(N=Nc4nnc(-c5ccc(C(=O)[O-])c(C(=O)[O-])c5)s4)c3N)n2)c(N)c1N=Nc1nnc(-c2ccc(C(=O)[O-])c(C(=O)[O-])c2)s1.[K+].[K+].[K+].[K+].[K+]. The molecule has 0 amide bonds. The standard InChI is InChI=1S/C37H33N17O9S2.5K/c1-36(2,3)21-19(43-47-34-49-45-25(64-34)13-7-9-15(27(55)56)17(11-13)29(59)60)23(38)53(51-21)31-40-32(42-33(63)41-31)54-24(39)20(22(52-54)37(4,5)6)44-48-35-50-46-26(65-35)14-8-10-16(28(57)58)18(12-14)30(61)62;;;;;/h7-12H,38-39H2,1-6H3,(H,55,56)(H,57,58)(H,59,60)(H,61,62)(H,40,41,42,63);;;;;/q;5*+1/p-5. The molecule has 0 fully saturated rings. The maximum atomic E-state index is 13.1. The second-order valence-electron chi connectivity index (χ2n) is 15.6. The maximum absolute atomic E-state index is 13.1. The Bertz CT molecular complexity index is 2980. The van der Waals surface area contributed by atoms with Crippen LogP contribution in [0.25, 0.3) is 33.0 Å². The van der Waals surface area contributed by atoms with Gasteiger partial charge in [0, 0.05) is 44.2 Å². The van der Waals surface area contributed by atoms with Gasteiger partial charge in [0.2, 0.25) is 0 Å². The van der Waals surface area contributed by atoms with E-state index in [0.717, 1.165) is 56.3 Å². The van der Waals surface area contributed by atoms with Crippen LogP contribution in [-0.4, -0.2) is 78.8 Å². The van der Waals surface area contributed by atoms with Gasteiger partial charge < -0.3 is 56.2 Å². The van der Waals surface area contributed by atoms with Gasteiger partial charge in [-0.1, -0.05) is 88.5 Å². The average molecular weight is 1110 g/mol. The van der Waals surface area contributed by atoms with Gasteiger partial charge in [-0.3, -0.25) is 0 Å². The summed E-state index contributed by atoms with van der Waals surface area (Å²) in [4.78, 5) is 58.1. The predicted molar refractivity (Wildman–Crippen MR) is 216 cm³/mol. The number of aromatic carboxylic acids is 4. The number of nitrogen functional groups attached to an aromatic ring is 2. The van der Waals surface area contributed by atoms with Crippen LogP contribution < -0.4 is 294 Å². The van der Waals surface area contributed by atoms with Gasteiger partial charge in [-0.2, -0.15) is 24.5 Å². The number of anilines is 2. The van der Waals surface area contributed by atoms with Gasteiger partial charge >= 0.3 is 257 Å². The Morgan fingerprint density at radius 3 is 1.19 bits per heavy atom. The van der Waals surface area contributed by atoms with Gasteiger partial charge in [0.15, 0.2) is 23.0 Å². The quantitative estimate of drug-likeness (QED) is 0.0847. The molecule has 4 N–H and O–H groups in total. The summed E-state index contributed by atoms with van der Waals surface area (Å²) in [6, 6.07) is 5.83. The molecule has 0 radical (unpaired) electrons. The molecule has 2 aromatic carbocycles. The van der Waals surface area contributed by atoms with Crippen molar-refractivity contribution in [3.05, 3.63) is 70.0 Å². The average Bonchev–Trinajstić information content (AvgIpc) is 4.04. The van der Waals surface area contributed by atoms with E-state index in [1.54, 1.807) is 0 Å². The number of carboxylic acids is 4. The fourth-order valence-electron chi connectivity index (χ4n) is 5.86. The summed E-state index contributed by atoms with van der Waals surface area (Å²) in [5, 5.41) is 101. The first kappa shape index (κ1) is 65.8. The number of carbonyl (C=O) groups excluding carboxylic acids is 4. The monoisotopic (exact) mass is 1110 g/mol. The molecule has 7 aromatic rings. The summed E-state index contributed by atoms with van der Waals surface area (Å²) < 4.78 is 2.10. The summed E-state index contributed by atoms with van der Waals surface area (Å²) in [6.45, 7) is 10.9. The van der Waals surface area contributed by atoms with E-state index in [0.29, 0.717) is 11.4 Å².